The van der Waals surface area contributed by atoms with Crippen LogP contribution in [0.4, 0.5) is 5.69 Å². The van der Waals surface area contributed by atoms with Gasteiger partial charge in [0.2, 0.25) is 0 Å². The maximum atomic E-state index is 13.6. The summed E-state index contributed by atoms with van der Waals surface area (Å²) in [6.45, 7) is 11.0. The zero-order valence-corrected chi connectivity index (χ0v) is 22.4. The number of rotatable bonds is 6. The number of nitrogens with one attached hydrogen (secondary N) is 1. The van der Waals surface area contributed by atoms with Gasteiger partial charge in [0.05, 0.1) is 18.2 Å². The summed E-state index contributed by atoms with van der Waals surface area (Å²) in [5.41, 5.74) is 6.40. The molecule has 2 aliphatic rings. The molecule has 2 saturated heterocycles. The lowest BCUT2D eigenvalue weighted by Crippen LogP contribution is -2.49. The lowest BCUT2D eigenvalue weighted by molar-refractivity contribution is 0.0906. The maximum absolute atomic E-state index is 13.6. The van der Waals surface area contributed by atoms with Crippen molar-refractivity contribution < 1.29 is 4.74 Å². The number of H-pyrrole nitrogens is 1. The monoisotopic (exact) mass is 513 g/mol. The Morgan fingerprint density at radius 1 is 1.05 bits per heavy atom. The number of hydrogen-bond donors (Lipinski definition) is 1. The number of pyridine rings is 1. The van der Waals surface area contributed by atoms with Crippen molar-refractivity contribution in [3.63, 3.8) is 0 Å². The molecule has 9 nitrogen and oxygen atoms in total. The summed E-state index contributed by atoms with van der Waals surface area (Å²) < 4.78 is 7.73. The van der Waals surface area contributed by atoms with Crippen LogP contribution in [0.2, 0.25) is 0 Å². The fourth-order valence-electron chi connectivity index (χ4n) is 5.92. The van der Waals surface area contributed by atoms with Crippen molar-refractivity contribution in [2.45, 2.75) is 52.3 Å². The van der Waals surface area contributed by atoms with Gasteiger partial charge in [-0.25, -0.2) is 4.68 Å². The summed E-state index contributed by atoms with van der Waals surface area (Å²) in [6.07, 6.45) is 2.14. The molecule has 9 heteroatoms. The van der Waals surface area contributed by atoms with E-state index in [2.05, 4.69) is 62.4 Å². The first kappa shape index (κ1) is 24.8. The third-order valence-electron chi connectivity index (χ3n) is 8.21. The largest absolute Gasteiger partial charge is 0.376 e. The van der Waals surface area contributed by atoms with Crippen LogP contribution in [0.5, 0.6) is 0 Å². The minimum atomic E-state index is -0.360. The van der Waals surface area contributed by atoms with Crippen molar-refractivity contribution in [1.82, 2.24) is 30.1 Å². The second-order valence-corrected chi connectivity index (χ2v) is 10.6. The molecule has 0 unspecified atom stereocenters. The number of piperazine rings is 1. The van der Waals surface area contributed by atoms with Crippen LogP contribution < -0.4 is 10.5 Å². The number of ether oxygens (including phenoxy) is 1. The van der Waals surface area contributed by atoms with E-state index in [0.717, 1.165) is 62.1 Å². The van der Waals surface area contributed by atoms with Gasteiger partial charge in [-0.3, -0.25) is 9.69 Å². The summed E-state index contributed by atoms with van der Waals surface area (Å²) in [7, 11) is 0. The van der Waals surface area contributed by atoms with Crippen molar-refractivity contribution in [3.05, 3.63) is 80.9 Å². The Hall–Kier alpha value is -3.56. The topological polar surface area (TPSA) is 92.2 Å². The highest BCUT2D eigenvalue weighted by Gasteiger charge is 2.34. The molecular weight excluding hydrogens is 478 g/mol. The molecule has 1 N–H and O–H groups in total. The Kier molecular flexibility index (Phi) is 6.71. The molecule has 38 heavy (non-hydrogen) atoms. The average Bonchev–Trinajstić information content (AvgIpc) is 3.60. The van der Waals surface area contributed by atoms with Crippen molar-refractivity contribution in [2.24, 2.45) is 0 Å². The minimum absolute atomic E-state index is 0.0941. The predicted molar refractivity (Wildman–Crippen MR) is 148 cm³/mol. The fourth-order valence-corrected chi connectivity index (χ4v) is 5.92. The van der Waals surface area contributed by atoms with E-state index >= 15 is 0 Å². The lowest BCUT2D eigenvalue weighted by atomic mass is 10.0. The van der Waals surface area contributed by atoms with E-state index in [-0.39, 0.29) is 17.7 Å². The zero-order valence-electron chi connectivity index (χ0n) is 22.4. The van der Waals surface area contributed by atoms with Crippen molar-refractivity contribution >= 4 is 16.6 Å². The highest BCUT2D eigenvalue weighted by Crippen LogP contribution is 2.31. The van der Waals surface area contributed by atoms with Gasteiger partial charge in [0.1, 0.15) is 6.04 Å². The number of aromatic amines is 1. The van der Waals surface area contributed by atoms with E-state index in [0.29, 0.717) is 17.9 Å². The third kappa shape index (κ3) is 4.61. The second kappa shape index (κ2) is 10.3. The Bertz CT molecular complexity index is 1500. The standard InChI is InChI=1S/C29H35N7O2/c1-19-7-5-11-25(21(19)3)34-12-14-35(15-13-34)27(28-31-32-33-36(28)18-23-10-6-16-38-23)24-17-22-9-4-8-20(2)26(22)30-29(24)37/h4-5,7-9,11,17,23,27H,6,10,12-16,18H2,1-3H3,(H,30,37)/t23-,27+/m1/s1. The van der Waals surface area contributed by atoms with Crippen LogP contribution in [0.1, 0.15) is 47.0 Å². The molecule has 0 spiro atoms. The van der Waals surface area contributed by atoms with Gasteiger partial charge in [0.15, 0.2) is 5.82 Å². The van der Waals surface area contributed by atoms with E-state index in [1.165, 1.54) is 16.8 Å². The molecule has 0 amide bonds. The van der Waals surface area contributed by atoms with Gasteiger partial charge < -0.3 is 14.6 Å². The number of anilines is 1. The van der Waals surface area contributed by atoms with Gasteiger partial charge in [0.25, 0.3) is 5.56 Å². The number of aryl methyl sites for hydroxylation is 2. The quantitative estimate of drug-likeness (QED) is 0.422. The molecule has 4 heterocycles. The lowest BCUT2D eigenvalue weighted by Gasteiger charge is -2.40. The molecule has 198 valence electrons. The van der Waals surface area contributed by atoms with Crippen LogP contribution in [-0.2, 0) is 11.3 Å². The van der Waals surface area contributed by atoms with Crippen molar-refractivity contribution in [1.29, 1.82) is 0 Å². The Morgan fingerprint density at radius 2 is 1.84 bits per heavy atom. The van der Waals surface area contributed by atoms with E-state index in [9.17, 15) is 4.79 Å². The molecular formula is C29H35N7O2. The van der Waals surface area contributed by atoms with Crippen molar-refractivity contribution in [2.75, 3.05) is 37.7 Å². The first-order valence-electron chi connectivity index (χ1n) is 13.5. The normalized spacial score (nSPS) is 19.3. The second-order valence-electron chi connectivity index (χ2n) is 10.6. The van der Waals surface area contributed by atoms with E-state index in [4.69, 9.17) is 4.74 Å². The number of nitrogens with zero attached hydrogens (tertiary/aromatic N) is 6. The average molecular weight is 514 g/mol. The molecule has 2 aromatic heterocycles. The number of para-hydroxylation sites is 1. The molecule has 2 aliphatic heterocycles. The van der Waals surface area contributed by atoms with E-state index in [1.54, 1.807) is 0 Å². The molecule has 2 fully saturated rings. The van der Waals surface area contributed by atoms with Gasteiger partial charge in [-0.15, -0.1) is 5.10 Å². The smallest absolute Gasteiger partial charge is 0.253 e. The van der Waals surface area contributed by atoms with Crippen LogP contribution in [0.3, 0.4) is 0 Å². The van der Waals surface area contributed by atoms with E-state index in [1.807, 2.05) is 35.9 Å². The first-order chi connectivity index (χ1) is 18.5. The van der Waals surface area contributed by atoms with Crippen molar-refractivity contribution in [3.8, 4) is 0 Å². The first-order valence-corrected chi connectivity index (χ1v) is 13.5. The Labute approximate surface area is 222 Å². The summed E-state index contributed by atoms with van der Waals surface area (Å²) in [5, 5.41) is 13.9. The van der Waals surface area contributed by atoms with Gasteiger partial charge in [-0.05, 0) is 78.2 Å². The number of aromatic nitrogens is 5. The van der Waals surface area contributed by atoms with Crippen LogP contribution in [0.15, 0.2) is 47.3 Å². The molecule has 0 bridgehead atoms. The third-order valence-corrected chi connectivity index (χ3v) is 8.21. The van der Waals surface area contributed by atoms with Gasteiger partial charge >= 0.3 is 0 Å². The summed E-state index contributed by atoms with van der Waals surface area (Å²) in [5.74, 6) is 0.693. The molecule has 4 aromatic rings. The molecule has 2 aromatic carbocycles. The number of benzene rings is 2. The van der Waals surface area contributed by atoms with Gasteiger partial charge in [-0.2, -0.15) is 0 Å². The molecule has 0 radical (unpaired) electrons. The Morgan fingerprint density at radius 3 is 2.63 bits per heavy atom. The van der Waals surface area contributed by atoms with Crippen LogP contribution >= 0.6 is 0 Å². The van der Waals surface area contributed by atoms with Gasteiger partial charge in [0, 0.05) is 44.0 Å². The predicted octanol–water partition coefficient (Wildman–Crippen LogP) is 3.53. The highest BCUT2D eigenvalue weighted by atomic mass is 16.5. The molecule has 0 aliphatic carbocycles. The van der Waals surface area contributed by atoms with Crippen LogP contribution in [-0.4, -0.2) is 69.0 Å². The van der Waals surface area contributed by atoms with E-state index < -0.39 is 0 Å². The number of tetrazole rings is 1. The minimum Gasteiger partial charge on any atom is -0.376 e. The molecule has 6 rings (SSSR count). The number of fused-ring (bicyclic) bond motifs is 1. The Balaban J connectivity index is 1.37. The van der Waals surface area contributed by atoms with Crippen LogP contribution in [0.25, 0.3) is 10.9 Å². The molecule has 0 saturated carbocycles. The zero-order chi connectivity index (χ0) is 26.2. The fraction of sp³-hybridized carbons (Fsp3) is 0.448. The van der Waals surface area contributed by atoms with Crippen LogP contribution in [0, 0.1) is 20.8 Å². The summed E-state index contributed by atoms with van der Waals surface area (Å²) in [4.78, 5) is 21.5. The SMILES string of the molecule is Cc1cccc(N2CCN([C@@H](c3cc4cccc(C)c4[nH]c3=O)c3nnnn3C[C@H]3CCCO3)CC2)c1C. The summed E-state index contributed by atoms with van der Waals surface area (Å²) in [6, 6.07) is 14.2. The summed E-state index contributed by atoms with van der Waals surface area (Å²) >= 11 is 0. The molecule has 2 atom stereocenters. The maximum Gasteiger partial charge on any atom is 0.253 e. The van der Waals surface area contributed by atoms with Gasteiger partial charge in [-0.1, -0.05) is 30.3 Å². The highest BCUT2D eigenvalue weighted by molar-refractivity contribution is 5.82. The number of hydrogen-bond acceptors (Lipinski definition) is 7.